The lowest BCUT2D eigenvalue weighted by Crippen LogP contribution is -2.39. The van der Waals surface area contributed by atoms with Gasteiger partial charge in [-0.25, -0.2) is 14.8 Å². The summed E-state index contributed by atoms with van der Waals surface area (Å²) in [7, 11) is 1.52. The lowest BCUT2D eigenvalue weighted by atomic mass is 9.82. The first-order valence-corrected chi connectivity index (χ1v) is 11.4. The van der Waals surface area contributed by atoms with Gasteiger partial charge in [-0.1, -0.05) is 13.8 Å². The van der Waals surface area contributed by atoms with Crippen LogP contribution in [0.4, 0.5) is 5.69 Å². The largest absolute Gasteiger partial charge is 0.479 e. The number of carbonyl (C=O) groups is 1. The maximum absolute atomic E-state index is 12.5. The molecular weight excluding hydrogens is 420 g/mol. The highest BCUT2D eigenvalue weighted by molar-refractivity contribution is 5.87. The number of nitrogens with zero attached hydrogens (tertiary/aromatic N) is 4. The summed E-state index contributed by atoms with van der Waals surface area (Å²) in [6.07, 6.45) is 4.26. The van der Waals surface area contributed by atoms with Gasteiger partial charge in [-0.05, 0) is 52.9 Å². The molecular formula is C25H36N4O4. The van der Waals surface area contributed by atoms with Crippen molar-refractivity contribution in [3.63, 3.8) is 0 Å². The number of carboxylic acid groups (broad SMARTS) is 1. The Morgan fingerprint density at radius 1 is 1.12 bits per heavy atom. The summed E-state index contributed by atoms with van der Waals surface area (Å²) < 4.78 is 11.2. The van der Waals surface area contributed by atoms with Crippen molar-refractivity contribution >= 4 is 11.7 Å². The molecule has 3 heterocycles. The number of aliphatic carboxylic acids is 1. The zero-order valence-electron chi connectivity index (χ0n) is 21.0. The van der Waals surface area contributed by atoms with Crippen LogP contribution < -0.4 is 9.64 Å². The summed E-state index contributed by atoms with van der Waals surface area (Å²) in [5.74, 6) is -1.03. The fourth-order valence-electron chi connectivity index (χ4n) is 4.31. The highest BCUT2D eigenvalue weighted by atomic mass is 16.5. The highest BCUT2D eigenvalue weighted by Gasteiger charge is 2.36. The molecule has 0 radical (unpaired) electrons. The zero-order chi connectivity index (χ0) is 24.6. The average Bonchev–Trinajstić information content (AvgIpc) is 2.71. The maximum Gasteiger partial charge on any atom is 0.337 e. The summed E-state index contributed by atoms with van der Waals surface area (Å²) in [6.45, 7) is 15.6. The molecule has 2 aromatic heterocycles. The van der Waals surface area contributed by atoms with Gasteiger partial charge in [0, 0.05) is 53.6 Å². The predicted octanol–water partition coefficient (Wildman–Crippen LogP) is 4.73. The molecule has 1 N–H and O–H groups in total. The molecule has 1 saturated heterocycles. The molecule has 0 unspecified atom stereocenters. The molecule has 8 nitrogen and oxygen atoms in total. The van der Waals surface area contributed by atoms with E-state index in [9.17, 15) is 9.90 Å². The van der Waals surface area contributed by atoms with Gasteiger partial charge in [-0.15, -0.1) is 0 Å². The third kappa shape index (κ3) is 5.61. The van der Waals surface area contributed by atoms with Gasteiger partial charge in [0.05, 0.1) is 18.4 Å². The van der Waals surface area contributed by atoms with E-state index < -0.39 is 17.7 Å². The van der Waals surface area contributed by atoms with E-state index in [1.54, 1.807) is 12.4 Å². The lowest BCUT2D eigenvalue weighted by Gasteiger charge is -2.41. The van der Waals surface area contributed by atoms with E-state index >= 15 is 0 Å². The number of methoxy groups -OCH3 is 1. The van der Waals surface area contributed by atoms with E-state index in [4.69, 9.17) is 14.5 Å². The SMILES string of the molecule is COc1ncc(-c2c(C)nc(C)c([C@H](OC(C)(C)C)C(=O)O)c2N2CCC(C)(C)CC2)cn1. The quantitative estimate of drug-likeness (QED) is 0.666. The number of aromatic nitrogens is 3. The fraction of sp³-hybridized carbons (Fsp3) is 0.600. The fourth-order valence-corrected chi connectivity index (χ4v) is 4.31. The Morgan fingerprint density at radius 2 is 1.70 bits per heavy atom. The third-order valence-electron chi connectivity index (χ3n) is 6.07. The molecule has 3 rings (SSSR count). The van der Waals surface area contributed by atoms with Crippen LogP contribution in [0.2, 0.25) is 0 Å². The first-order valence-electron chi connectivity index (χ1n) is 11.4. The number of hydrogen-bond donors (Lipinski definition) is 1. The first-order chi connectivity index (χ1) is 15.3. The molecule has 1 aliphatic heterocycles. The van der Waals surface area contributed by atoms with Crippen LogP contribution in [-0.2, 0) is 9.53 Å². The van der Waals surface area contributed by atoms with E-state index in [2.05, 4.69) is 28.7 Å². The molecule has 1 atom stereocenters. The first kappa shape index (κ1) is 24.9. The number of pyridine rings is 1. The van der Waals surface area contributed by atoms with Crippen molar-refractivity contribution in [1.29, 1.82) is 0 Å². The van der Waals surface area contributed by atoms with Crippen LogP contribution >= 0.6 is 0 Å². The zero-order valence-corrected chi connectivity index (χ0v) is 21.0. The molecule has 33 heavy (non-hydrogen) atoms. The molecule has 8 heteroatoms. The van der Waals surface area contributed by atoms with Crippen molar-refractivity contribution in [3.8, 4) is 17.1 Å². The maximum atomic E-state index is 12.5. The van der Waals surface area contributed by atoms with E-state index in [1.807, 2.05) is 34.6 Å². The van der Waals surface area contributed by atoms with Crippen LogP contribution in [0.5, 0.6) is 6.01 Å². The third-order valence-corrected chi connectivity index (χ3v) is 6.07. The Kier molecular flexibility index (Phi) is 6.98. The van der Waals surface area contributed by atoms with Gasteiger partial charge in [0.15, 0.2) is 6.10 Å². The number of aryl methyl sites for hydroxylation is 2. The molecule has 0 amide bonds. The normalized spacial score (nSPS) is 17.0. The van der Waals surface area contributed by atoms with Crippen molar-refractivity contribution in [2.45, 2.75) is 73.0 Å². The number of piperidine rings is 1. The van der Waals surface area contributed by atoms with Gasteiger partial charge >= 0.3 is 12.0 Å². The standard InChI is InChI=1S/C25H36N4O4/c1-15-18(17-13-26-23(32-8)27-14-17)20(29-11-9-25(6,7)10-12-29)19(16(2)28-15)21(22(30)31)33-24(3,4)5/h13-14,21H,9-12H2,1-8H3,(H,30,31)/t21-/m0/s1. The molecule has 0 aromatic carbocycles. The Hall–Kier alpha value is -2.74. The summed E-state index contributed by atoms with van der Waals surface area (Å²) >= 11 is 0. The second-order valence-corrected chi connectivity index (χ2v) is 10.5. The Bertz CT molecular complexity index is 1000. The molecule has 1 aliphatic rings. The minimum atomic E-state index is -1.15. The highest BCUT2D eigenvalue weighted by Crippen LogP contribution is 2.44. The lowest BCUT2D eigenvalue weighted by molar-refractivity contribution is -0.160. The second kappa shape index (κ2) is 9.25. The van der Waals surface area contributed by atoms with Crippen molar-refractivity contribution in [1.82, 2.24) is 15.0 Å². The van der Waals surface area contributed by atoms with Gasteiger partial charge in [-0.3, -0.25) is 4.98 Å². The van der Waals surface area contributed by atoms with E-state index in [1.165, 1.54) is 7.11 Å². The van der Waals surface area contributed by atoms with Crippen molar-refractivity contribution in [3.05, 3.63) is 29.3 Å². The summed E-state index contributed by atoms with van der Waals surface area (Å²) in [4.78, 5) is 28.1. The Morgan fingerprint density at radius 3 is 2.18 bits per heavy atom. The van der Waals surface area contributed by atoms with Gasteiger partial charge < -0.3 is 19.5 Å². The molecule has 0 bridgehead atoms. The van der Waals surface area contributed by atoms with E-state index in [-0.39, 0.29) is 11.4 Å². The van der Waals surface area contributed by atoms with Crippen LogP contribution in [-0.4, -0.2) is 51.8 Å². The van der Waals surface area contributed by atoms with Crippen molar-refractivity contribution in [2.24, 2.45) is 5.41 Å². The minimum Gasteiger partial charge on any atom is -0.479 e. The van der Waals surface area contributed by atoms with E-state index in [0.717, 1.165) is 48.4 Å². The number of carboxylic acids is 1. The molecule has 0 saturated carbocycles. The van der Waals surface area contributed by atoms with Crippen LogP contribution in [0.15, 0.2) is 12.4 Å². The Balaban J connectivity index is 2.28. The topological polar surface area (TPSA) is 97.7 Å². The number of hydrogen-bond acceptors (Lipinski definition) is 7. The molecule has 0 aliphatic carbocycles. The van der Waals surface area contributed by atoms with Gasteiger partial charge in [0.2, 0.25) is 0 Å². The monoisotopic (exact) mass is 456 g/mol. The van der Waals surface area contributed by atoms with Crippen LogP contribution in [0, 0.1) is 19.3 Å². The van der Waals surface area contributed by atoms with Gasteiger partial charge in [0.25, 0.3) is 0 Å². The average molecular weight is 457 g/mol. The molecule has 180 valence electrons. The van der Waals surface area contributed by atoms with Crippen LogP contribution in [0.3, 0.4) is 0 Å². The minimum absolute atomic E-state index is 0.241. The summed E-state index contributed by atoms with van der Waals surface area (Å²) in [6, 6.07) is 0.275. The van der Waals surface area contributed by atoms with Crippen molar-refractivity contribution in [2.75, 3.05) is 25.1 Å². The van der Waals surface area contributed by atoms with Gasteiger partial charge in [0.1, 0.15) is 0 Å². The molecule has 2 aromatic rings. The van der Waals surface area contributed by atoms with E-state index in [0.29, 0.717) is 11.3 Å². The molecule has 1 fully saturated rings. The Labute approximate surface area is 196 Å². The predicted molar refractivity (Wildman–Crippen MR) is 128 cm³/mol. The summed E-state index contributed by atoms with van der Waals surface area (Å²) in [5.41, 5.74) is 4.08. The summed E-state index contributed by atoms with van der Waals surface area (Å²) in [5, 5.41) is 10.2. The number of rotatable bonds is 6. The van der Waals surface area contributed by atoms with Gasteiger partial charge in [-0.2, -0.15) is 0 Å². The number of ether oxygens (including phenoxy) is 2. The molecule has 0 spiro atoms. The van der Waals surface area contributed by atoms with Crippen molar-refractivity contribution < 1.29 is 19.4 Å². The van der Waals surface area contributed by atoms with Crippen LogP contribution in [0.25, 0.3) is 11.1 Å². The smallest absolute Gasteiger partial charge is 0.337 e. The number of anilines is 1. The second-order valence-electron chi connectivity index (χ2n) is 10.5. The van der Waals surface area contributed by atoms with Crippen LogP contribution in [0.1, 0.15) is 70.5 Å².